The molecule has 0 amide bonds. The van der Waals surface area contributed by atoms with Crippen molar-refractivity contribution in [1.29, 1.82) is 0 Å². The van der Waals surface area contributed by atoms with E-state index in [1.54, 1.807) is 0 Å². The third-order valence-corrected chi connectivity index (χ3v) is 0.965. The fourth-order valence-corrected chi connectivity index (χ4v) is 0.439. The van der Waals surface area contributed by atoms with E-state index in [0.29, 0.717) is 12.1 Å². The molecule has 5 nitrogen and oxygen atoms in total. The average molecular weight is 183 g/mol. The number of hydrogen-bond acceptors (Lipinski definition) is 5. The van der Waals surface area contributed by atoms with Crippen LogP contribution in [0.15, 0.2) is 33.3 Å². The summed E-state index contributed by atoms with van der Waals surface area (Å²) in [5.41, 5.74) is 0. The zero-order valence-electron chi connectivity index (χ0n) is 5.93. The van der Waals surface area contributed by atoms with Crippen LogP contribution < -0.4 is 0 Å². The Hall–Kier alpha value is -1.61. The first-order chi connectivity index (χ1) is 5.91. The average Bonchev–Trinajstić information content (AvgIpc) is 2.62. The van der Waals surface area contributed by atoms with Crippen LogP contribution in [-0.2, 0) is 9.59 Å². The highest BCUT2D eigenvalue weighted by molar-refractivity contribution is 7.96. The molecule has 0 aromatic carbocycles. The molecule has 1 aromatic rings. The number of hydrogen-bond donors (Lipinski definition) is 1. The highest BCUT2D eigenvalue weighted by Crippen LogP contribution is 1.96. The molecule has 0 unspecified atom stereocenters. The van der Waals surface area contributed by atoms with Crippen LogP contribution in [0.25, 0.3) is 0 Å². The summed E-state index contributed by atoms with van der Waals surface area (Å²) in [4.78, 5) is 21.2. The lowest BCUT2D eigenvalue weighted by Crippen LogP contribution is -1.43. The van der Waals surface area contributed by atoms with Gasteiger partial charge in [-0.3, -0.25) is 0 Å². The largest absolute Gasteiger partial charge is 0.368 e. The maximum Gasteiger partial charge on any atom is 0.249 e. The zero-order valence-corrected chi connectivity index (χ0v) is 6.75. The van der Waals surface area contributed by atoms with Crippen LogP contribution in [0, 0.1) is 0 Å². The van der Waals surface area contributed by atoms with Gasteiger partial charge in [-0.1, -0.05) is 0 Å². The van der Waals surface area contributed by atoms with Crippen molar-refractivity contribution in [3.05, 3.63) is 24.5 Å². The fourth-order valence-electron chi connectivity index (χ4n) is 0.332. The first-order valence-corrected chi connectivity index (χ1v) is 3.53. The van der Waals surface area contributed by atoms with E-state index in [2.05, 4.69) is 13.8 Å². The van der Waals surface area contributed by atoms with Crippen molar-refractivity contribution in [3.8, 4) is 0 Å². The molecule has 0 spiro atoms. The van der Waals surface area contributed by atoms with Crippen LogP contribution >= 0.6 is 12.1 Å². The van der Waals surface area contributed by atoms with Gasteiger partial charge in [0.2, 0.25) is 12.2 Å². The fraction of sp³-hybridized carbons (Fsp3) is 0. The number of nitrogens with one attached hydrogen (secondary N) is 1. The molecule has 1 aromatic heterocycles. The van der Waals surface area contributed by atoms with E-state index in [4.69, 9.17) is 0 Å². The van der Waals surface area contributed by atoms with Crippen molar-refractivity contribution < 1.29 is 9.59 Å². The predicted molar refractivity (Wildman–Crippen MR) is 44.6 cm³/mol. The Kier molecular flexibility index (Phi) is 8.13. The summed E-state index contributed by atoms with van der Waals surface area (Å²) in [6.07, 6.45) is 6.09. The molecular weight excluding hydrogens is 178 g/mol. The molecule has 1 rings (SSSR count). The van der Waals surface area contributed by atoms with Gasteiger partial charge in [-0.05, 0) is 12.1 Å². The molecule has 1 heterocycles. The minimum absolute atomic E-state index is 0.456. The van der Waals surface area contributed by atoms with E-state index in [0.717, 1.165) is 0 Å². The van der Waals surface area contributed by atoms with Gasteiger partial charge >= 0.3 is 0 Å². The van der Waals surface area contributed by atoms with Crippen molar-refractivity contribution in [2.45, 2.75) is 0 Å². The van der Waals surface area contributed by atoms with Gasteiger partial charge in [0, 0.05) is 12.4 Å². The molecule has 62 valence electrons. The Balaban J connectivity index is 0.000000211. The molecule has 0 aliphatic carbocycles. The van der Waals surface area contributed by atoms with Crippen LogP contribution in [-0.4, -0.2) is 17.1 Å². The highest BCUT2D eigenvalue weighted by atomic mass is 32.2. The zero-order chi connectivity index (χ0) is 9.07. The van der Waals surface area contributed by atoms with Crippen LogP contribution in [0.3, 0.4) is 0 Å². The van der Waals surface area contributed by atoms with Gasteiger partial charge < -0.3 is 4.98 Å². The number of nitrogens with zero attached hydrogens (tertiary/aromatic N) is 2. The number of H-pyrrole nitrogens is 1. The molecule has 1 N–H and O–H groups in total. The molecule has 0 bridgehead atoms. The van der Waals surface area contributed by atoms with Gasteiger partial charge in [0.25, 0.3) is 0 Å². The first-order valence-electron chi connectivity index (χ1n) is 2.80. The number of isocyanates is 2. The lowest BCUT2D eigenvalue weighted by Gasteiger charge is -1.60. The van der Waals surface area contributed by atoms with E-state index in [-0.39, 0.29) is 0 Å². The van der Waals surface area contributed by atoms with Gasteiger partial charge in [-0.15, -0.1) is 8.80 Å². The van der Waals surface area contributed by atoms with Gasteiger partial charge in [-0.2, -0.15) is 0 Å². The second-order valence-electron chi connectivity index (χ2n) is 1.33. The second kappa shape index (κ2) is 9.39. The molecular formula is C6H5N3O2S. The number of rotatable bonds is 2. The van der Waals surface area contributed by atoms with E-state index < -0.39 is 0 Å². The SMILES string of the molecule is O=C=NSN=C=O.c1cc[nH]c1. The van der Waals surface area contributed by atoms with E-state index in [1.807, 2.05) is 24.5 Å². The summed E-state index contributed by atoms with van der Waals surface area (Å²) >= 11 is 0.456. The number of carbonyl (C=O) groups excluding carboxylic acids is 2. The van der Waals surface area contributed by atoms with E-state index in [1.165, 1.54) is 12.2 Å². The third-order valence-electron chi connectivity index (χ3n) is 0.652. The molecule has 0 saturated heterocycles. The topological polar surface area (TPSA) is 74.7 Å². The molecule has 0 saturated carbocycles. The van der Waals surface area contributed by atoms with Crippen molar-refractivity contribution in [1.82, 2.24) is 4.98 Å². The Bertz CT molecular complexity index is 240. The number of aromatic amines is 1. The van der Waals surface area contributed by atoms with Gasteiger partial charge in [0.05, 0.1) is 0 Å². The second-order valence-corrected chi connectivity index (χ2v) is 1.86. The molecule has 12 heavy (non-hydrogen) atoms. The smallest absolute Gasteiger partial charge is 0.249 e. The summed E-state index contributed by atoms with van der Waals surface area (Å²) < 4.78 is 5.69. The third kappa shape index (κ3) is 8.39. The number of aromatic nitrogens is 1. The summed E-state index contributed by atoms with van der Waals surface area (Å²) in [6, 6.07) is 3.89. The van der Waals surface area contributed by atoms with E-state index in [9.17, 15) is 9.59 Å². The molecule has 0 fully saturated rings. The van der Waals surface area contributed by atoms with Crippen molar-refractivity contribution in [2.24, 2.45) is 8.80 Å². The molecule has 0 radical (unpaired) electrons. The lowest BCUT2D eigenvalue weighted by atomic mass is 10.7. The van der Waals surface area contributed by atoms with Gasteiger partial charge in [0.1, 0.15) is 12.1 Å². The summed E-state index contributed by atoms with van der Waals surface area (Å²) in [5, 5.41) is 0. The first kappa shape index (κ1) is 10.4. The molecule has 0 aliphatic heterocycles. The Labute approximate surface area is 72.9 Å². The summed E-state index contributed by atoms with van der Waals surface area (Å²) in [7, 11) is 0. The summed E-state index contributed by atoms with van der Waals surface area (Å²) in [6.45, 7) is 0. The Morgan fingerprint density at radius 2 is 1.58 bits per heavy atom. The molecule has 0 atom stereocenters. The van der Waals surface area contributed by atoms with Gasteiger partial charge in [-0.25, -0.2) is 9.59 Å². The Morgan fingerprint density at radius 3 is 1.83 bits per heavy atom. The maximum atomic E-state index is 9.18. The van der Waals surface area contributed by atoms with Crippen molar-refractivity contribution in [3.63, 3.8) is 0 Å². The van der Waals surface area contributed by atoms with Crippen molar-refractivity contribution >= 4 is 24.3 Å². The molecule has 0 aliphatic rings. The van der Waals surface area contributed by atoms with Crippen LogP contribution in [0.2, 0.25) is 0 Å². The monoisotopic (exact) mass is 183 g/mol. The van der Waals surface area contributed by atoms with Crippen molar-refractivity contribution in [2.75, 3.05) is 0 Å². The Morgan fingerprint density at radius 1 is 1.08 bits per heavy atom. The summed E-state index contributed by atoms with van der Waals surface area (Å²) in [5.74, 6) is 0. The van der Waals surface area contributed by atoms with E-state index >= 15 is 0 Å². The van der Waals surface area contributed by atoms with Crippen LogP contribution in [0.5, 0.6) is 0 Å². The predicted octanol–water partition coefficient (Wildman–Crippen LogP) is 1.24. The maximum absolute atomic E-state index is 9.18. The lowest BCUT2D eigenvalue weighted by molar-refractivity contribution is 0.566. The molecule has 6 heteroatoms. The van der Waals surface area contributed by atoms with Gasteiger partial charge in [0.15, 0.2) is 0 Å². The standard InChI is InChI=1S/C4H5N.C2N2O2S/c1-2-4-5-3-1;5-1-3-7-4-2-6/h1-5H;. The normalized spacial score (nSPS) is 6.67. The minimum atomic E-state index is 0.456. The van der Waals surface area contributed by atoms with Crippen LogP contribution in [0.4, 0.5) is 0 Å². The highest BCUT2D eigenvalue weighted by Gasteiger charge is 1.66. The van der Waals surface area contributed by atoms with Crippen LogP contribution in [0.1, 0.15) is 0 Å². The quantitative estimate of drug-likeness (QED) is 0.425. The minimum Gasteiger partial charge on any atom is -0.368 e.